The number of aryl methyl sites for hydroxylation is 2. The minimum atomic E-state index is 0.0237. The molecule has 1 amide bonds. The summed E-state index contributed by atoms with van der Waals surface area (Å²) in [6, 6.07) is 10.5. The molecular formula is C18H24N4O2. The Bertz CT molecular complexity index is 635. The van der Waals surface area contributed by atoms with Crippen molar-refractivity contribution in [2.45, 2.75) is 32.0 Å². The summed E-state index contributed by atoms with van der Waals surface area (Å²) in [5.41, 5.74) is 1.30. The number of hydrogen-bond donors (Lipinski definition) is 2. The summed E-state index contributed by atoms with van der Waals surface area (Å²) in [5.74, 6) is 0.905. The van der Waals surface area contributed by atoms with Crippen molar-refractivity contribution >= 4 is 5.91 Å². The van der Waals surface area contributed by atoms with E-state index >= 15 is 0 Å². The number of carbonyl (C=O) groups is 1. The van der Waals surface area contributed by atoms with Gasteiger partial charge in [0.15, 0.2) is 0 Å². The van der Waals surface area contributed by atoms with Crippen LogP contribution in [-0.2, 0) is 29.0 Å². The first-order chi connectivity index (χ1) is 11.8. The Morgan fingerprint density at radius 1 is 1.38 bits per heavy atom. The molecule has 0 saturated carbocycles. The van der Waals surface area contributed by atoms with Gasteiger partial charge in [-0.2, -0.15) is 0 Å². The molecule has 2 N–H and O–H groups in total. The highest BCUT2D eigenvalue weighted by Gasteiger charge is 2.17. The Morgan fingerprint density at radius 3 is 3.04 bits per heavy atom. The SMILES string of the molecule is O=C(CC1COCCN1)NCc1nccn1CCc1ccccc1. The van der Waals surface area contributed by atoms with Gasteiger partial charge in [0.2, 0.25) is 5.91 Å². The number of rotatable bonds is 7. The minimum Gasteiger partial charge on any atom is -0.378 e. The maximum atomic E-state index is 12.1. The molecule has 3 rings (SSSR count). The van der Waals surface area contributed by atoms with E-state index in [4.69, 9.17) is 4.74 Å². The van der Waals surface area contributed by atoms with E-state index in [1.54, 1.807) is 6.20 Å². The molecule has 128 valence electrons. The van der Waals surface area contributed by atoms with Crippen molar-refractivity contribution < 1.29 is 9.53 Å². The first-order valence-electron chi connectivity index (χ1n) is 8.43. The molecule has 0 radical (unpaired) electrons. The largest absolute Gasteiger partial charge is 0.378 e. The second-order valence-electron chi connectivity index (χ2n) is 5.98. The highest BCUT2D eigenvalue weighted by Crippen LogP contribution is 2.05. The van der Waals surface area contributed by atoms with Gasteiger partial charge in [-0.05, 0) is 12.0 Å². The maximum absolute atomic E-state index is 12.1. The van der Waals surface area contributed by atoms with Gasteiger partial charge >= 0.3 is 0 Å². The lowest BCUT2D eigenvalue weighted by atomic mass is 10.1. The van der Waals surface area contributed by atoms with Crippen molar-refractivity contribution in [2.75, 3.05) is 19.8 Å². The van der Waals surface area contributed by atoms with Crippen LogP contribution in [0.4, 0.5) is 0 Å². The predicted molar refractivity (Wildman–Crippen MR) is 91.4 cm³/mol. The molecule has 1 fully saturated rings. The summed E-state index contributed by atoms with van der Waals surface area (Å²) in [6.07, 6.45) is 5.12. The third-order valence-corrected chi connectivity index (χ3v) is 4.16. The molecule has 1 unspecified atom stereocenters. The first kappa shape index (κ1) is 16.7. The number of ether oxygens (including phenoxy) is 1. The fourth-order valence-electron chi connectivity index (χ4n) is 2.83. The van der Waals surface area contributed by atoms with Crippen molar-refractivity contribution in [2.24, 2.45) is 0 Å². The average molecular weight is 328 g/mol. The van der Waals surface area contributed by atoms with Crippen molar-refractivity contribution in [1.82, 2.24) is 20.2 Å². The molecule has 2 heterocycles. The van der Waals surface area contributed by atoms with E-state index in [1.165, 1.54) is 5.56 Å². The smallest absolute Gasteiger partial charge is 0.222 e. The van der Waals surface area contributed by atoms with Crippen LogP contribution in [0.15, 0.2) is 42.7 Å². The van der Waals surface area contributed by atoms with Crippen molar-refractivity contribution in [3.8, 4) is 0 Å². The number of benzene rings is 1. The molecule has 2 aromatic rings. The van der Waals surface area contributed by atoms with Gasteiger partial charge in [-0.1, -0.05) is 30.3 Å². The van der Waals surface area contributed by atoms with Gasteiger partial charge in [-0.15, -0.1) is 0 Å². The molecular weight excluding hydrogens is 304 g/mol. The van der Waals surface area contributed by atoms with Crippen LogP contribution >= 0.6 is 0 Å². The third kappa shape index (κ3) is 4.91. The highest BCUT2D eigenvalue weighted by molar-refractivity contribution is 5.76. The van der Waals surface area contributed by atoms with Gasteiger partial charge in [0.1, 0.15) is 5.82 Å². The number of nitrogens with one attached hydrogen (secondary N) is 2. The molecule has 1 aliphatic heterocycles. The van der Waals surface area contributed by atoms with Gasteiger partial charge in [-0.25, -0.2) is 4.98 Å². The van der Waals surface area contributed by atoms with E-state index in [-0.39, 0.29) is 11.9 Å². The minimum absolute atomic E-state index is 0.0237. The zero-order valence-corrected chi connectivity index (χ0v) is 13.8. The number of amides is 1. The topological polar surface area (TPSA) is 68.2 Å². The number of imidazole rings is 1. The molecule has 1 aromatic heterocycles. The fraction of sp³-hybridized carbons (Fsp3) is 0.444. The first-order valence-corrected chi connectivity index (χ1v) is 8.43. The van der Waals surface area contributed by atoms with Crippen LogP contribution in [0.5, 0.6) is 0 Å². The highest BCUT2D eigenvalue weighted by atomic mass is 16.5. The van der Waals surface area contributed by atoms with E-state index in [0.29, 0.717) is 19.6 Å². The van der Waals surface area contributed by atoms with Crippen LogP contribution in [0.25, 0.3) is 0 Å². The maximum Gasteiger partial charge on any atom is 0.222 e. The molecule has 1 aliphatic rings. The van der Waals surface area contributed by atoms with Gasteiger partial charge in [-0.3, -0.25) is 4.79 Å². The summed E-state index contributed by atoms with van der Waals surface area (Å²) >= 11 is 0. The second kappa shape index (κ2) is 8.61. The molecule has 6 heteroatoms. The molecule has 6 nitrogen and oxygen atoms in total. The van der Waals surface area contributed by atoms with E-state index in [0.717, 1.165) is 31.9 Å². The second-order valence-corrected chi connectivity index (χ2v) is 5.98. The van der Waals surface area contributed by atoms with Gasteiger partial charge in [0, 0.05) is 37.9 Å². The van der Waals surface area contributed by atoms with Crippen LogP contribution in [0.2, 0.25) is 0 Å². The van der Waals surface area contributed by atoms with E-state index in [2.05, 4.69) is 32.3 Å². The standard InChI is InChI=1S/C18H24N4O2/c23-18(12-16-14-24-11-8-19-16)21-13-17-20-7-10-22(17)9-6-15-4-2-1-3-5-15/h1-5,7,10,16,19H,6,8-9,11-14H2,(H,21,23). The molecule has 0 bridgehead atoms. The van der Waals surface area contributed by atoms with Gasteiger partial charge in [0.25, 0.3) is 0 Å². The quantitative estimate of drug-likeness (QED) is 0.799. The summed E-state index contributed by atoms with van der Waals surface area (Å²) < 4.78 is 7.46. The van der Waals surface area contributed by atoms with E-state index in [9.17, 15) is 4.79 Å². The molecule has 0 aliphatic carbocycles. The fourth-order valence-corrected chi connectivity index (χ4v) is 2.83. The Balaban J connectivity index is 1.45. The number of hydrogen-bond acceptors (Lipinski definition) is 4. The molecule has 1 atom stereocenters. The molecule has 0 spiro atoms. The van der Waals surface area contributed by atoms with Crippen LogP contribution < -0.4 is 10.6 Å². The van der Waals surface area contributed by atoms with Crippen molar-refractivity contribution in [3.05, 3.63) is 54.1 Å². The van der Waals surface area contributed by atoms with Crippen LogP contribution in [0.1, 0.15) is 17.8 Å². The Kier molecular flexibility index (Phi) is 5.98. The number of aromatic nitrogens is 2. The Hall–Kier alpha value is -2.18. The average Bonchev–Trinajstić information content (AvgIpc) is 3.07. The lowest BCUT2D eigenvalue weighted by molar-refractivity contribution is -0.122. The summed E-state index contributed by atoms with van der Waals surface area (Å²) in [7, 11) is 0. The summed E-state index contributed by atoms with van der Waals surface area (Å²) in [6.45, 7) is 3.43. The van der Waals surface area contributed by atoms with E-state index < -0.39 is 0 Å². The molecule has 24 heavy (non-hydrogen) atoms. The normalized spacial score (nSPS) is 17.6. The third-order valence-electron chi connectivity index (χ3n) is 4.16. The zero-order valence-electron chi connectivity index (χ0n) is 13.8. The van der Waals surface area contributed by atoms with Gasteiger partial charge < -0.3 is 19.9 Å². The number of nitrogens with zero attached hydrogens (tertiary/aromatic N) is 2. The monoisotopic (exact) mass is 328 g/mol. The number of carbonyl (C=O) groups excluding carboxylic acids is 1. The van der Waals surface area contributed by atoms with Crippen LogP contribution in [0, 0.1) is 0 Å². The summed E-state index contributed by atoms with van der Waals surface area (Å²) in [5, 5.41) is 6.24. The van der Waals surface area contributed by atoms with Crippen LogP contribution in [-0.4, -0.2) is 41.3 Å². The molecule has 1 saturated heterocycles. The van der Waals surface area contributed by atoms with Gasteiger partial charge in [0.05, 0.1) is 19.8 Å². The molecule has 1 aromatic carbocycles. The van der Waals surface area contributed by atoms with Crippen LogP contribution in [0.3, 0.4) is 0 Å². The number of morpholine rings is 1. The Morgan fingerprint density at radius 2 is 2.25 bits per heavy atom. The summed E-state index contributed by atoms with van der Waals surface area (Å²) in [4.78, 5) is 16.4. The lowest BCUT2D eigenvalue weighted by Gasteiger charge is -2.23. The van der Waals surface area contributed by atoms with Crippen molar-refractivity contribution in [3.63, 3.8) is 0 Å². The van der Waals surface area contributed by atoms with E-state index in [1.807, 2.05) is 24.4 Å². The Labute approximate surface area is 142 Å². The van der Waals surface area contributed by atoms with Crippen molar-refractivity contribution in [1.29, 1.82) is 0 Å². The lowest BCUT2D eigenvalue weighted by Crippen LogP contribution is -2.44. The zero-order chi connectivity index (χ0) is 16.6. The predicted octanol–water partition coefficient (Wildman–Crippen LogP) is 1.12.